The van der Waals surface area contributed by atoms with E-state index in [1.165, 1.54) is 0 Å². The topological polar surface area (TPSA) is 53.8 Å². The molecule has 0 radical (unpaired) electrons. The van der Waals surface area contributed by atoms with Crippen LogP contribution in [0, 0.1) is 0 Å². The number of hydrogen-bond donors (Lipinski definition) is 0. The van der Waals surface area contributed by atoms with Crippen LogP contribution < -0.4 is 0 Å². The molecule has 1 aliphatic heterocycles. The largest absolute Gasteiger partial charge is 0.444 e. The third-order valence-electron chi connectivity index (χ3n) is 4.67. The zero-order chi connectivity index (χ0) is 18.0. The highest BCUT2D eigenvalue weighted by molar-refractivity contribution is 9.10. The van der Waals surface area contributed by atoms with Gasteiger partial charge in [0.25, 0.3) is 5.91 Å². The van der Waals surface area contributed by atoms with Crippen LogP contribution in [0.1, 0.15) is 30.0 Å². The smallest absolute Gasteiger partial charge is 0.289 e. The maximum atomic E-state index is 13.0. The van der Waals surface area contributed by atoms with E-state index in [0.717, 1.165) is 5.56 Å². The molecule has 0 atom stereocenters. The van der Waals surface area contributed by atoms with Crippen LogP contribution in [0.3, 0.4) is 0 Å². The summed E-state index contributed by atoms with van der Waals surface area (Å²) in [6, 6.07) is 13.2. The molecule has 0 saturated carbocycles. The average Bonchev–Trinajstić information content (AvgIpc) is 3.07. The first-order chi connectivity index (χ1) is 11.9. The number of furan rings is 1. The van der Waals surface area contributed by atoms with Gasteiger partial charge in [0.2, 0.25) is 5.91 Å². The first-order valence-electron chi connectivity index (χ1n) is 8.29. The molecule has 0 aliphatic carbocycles. The lowest BCUT2D eigenvalue weighted by Gasteiger charge is -2.38. The molecule has 1 aromatic heterocycles. The molecule has 3 rings (SSSR count). The first kappa shape index (κ1) is 17.7. The van der Waals surface area contributed by atoms with Crippen LogP contribution in [-0.2, 0) is 10.2 Å². The standard InChI is InChI=1S/C19H21BrN2O3/c1-19(2,14-6-4-3-5-7-14)18(24)22-12-10-21(11-13-22)17(23)15-8-9-16(20)25-15/h3-9H,10-13H2,1-2H3. The molecule has 0 spiro atoms. The van der Waals surface area contributed by atoms with E-state index in [4.69, 9.17) is 4.42 Å². The molecule has 2 aromatic rings. The fraction of sp³-hybridized carbons (Fsp3) is 0.368. The lowest BCUT2D eigenvalue weighted by atomic mass is 9.83. The Morgan fingerprint density at radius 3 is 2.12 bits per heavy atom. The number of benzene rings is 1. The molecule has 6 heteroatoms. The SMILES string of the molecule is CC(C)(C(=O)N1CCN(C(=O)c2ccc(Br)o2)CC1)c1ccccc1. The van der Waals surface area contributed by atoms with Gasteiger partial charge in [-0.2, -0.15) is 0 Å². The van der Waals surface area contributed by atoms with Crippen LogP contribution in [-0.4, -0.2) is 47.8 Å². The zero-order valence-corrected chi connectivity index (χ0v) is 16.0. The number of carbonyl (C=O) groups excluding carboxylic acids is 2. The summed E-state index contributed by atoms with van der Waals surface area (Å²) in [5.74, 6) is 0.267. The van der Waals surface area contributed by atoms with Crippen LogP contribution >= 0.6 is 15.9 Å². The fourth-order valence-corrected chi connectivity index (χ4v) is 3.38. The third-order valence-corrected chi connectivity index (χ3v) is 5.09. The van der Waals surface area contributed by atoms with Gasteiger partial charge in [0.05, 0.1) is 5.41 Å². The van der Waals surface area contributed by atoms with Crippen LogP contribution in [0.4, 0.5) is 0 Å². The minimum atomic E-state index is -0.584. The molecule has 0 bridgehead atoms. The molecule has 1 fully saturated rings. The summed E-state index contributed by atoms with van der Waals surface area (Å²) in [6.07, 6.45) is 0. The molecule has 0 N–H and O–H groups in total. The number of amides is 2. The summed E-state index contributed by atoms with van der Waals surface area (Å²) in [6.45, 7) is 5.97. The summed E-state index contributed by atoms with van der Waals surface area (Å²) in [4.78, 5) is 29.0. The van der Waals surface area contributed by atoms with Gasteiger partial charge < -0.3 is 14.2 Å². The van der Waals surface area contributed by atoms with Gasteiger partial charge in [-0.25, -0.2) is 0 Å². The van der Waals surface area contributed by atoms with Gasteiger partial charge >= 0.3 is 0 Å². The maximum Gasteiger partial charge on any atom is 0.289 e. The van der Waals surface area contributed by atoms with Crippen molar-refractivity contribution in [2.75, 3.05) is 26.2 Å². The Hall–Kier alpha value is -2.08. The van der Waals surface area contributed by atoms with Crippen LogP contribution in [0.2, 0.25) is 0 Å². The predicted molar refractivity (Wildman–Crippen MR) is 98.4 cm³/mol. The minimum absolute atomic E-state index is 0.0894. The van der Waals surface area contributed by atoms with E-state index < -0.39 is 5.41 Å². The number of piperazine rings is 1. The van der Waals surface area contributed by atoms with Gasteiger partial charge in [-0.3, -0.25) is 9.59 Å². The van der Waals surface area contributed by atoms with E-state index in [9.17, 15) is 9.59 Å². The second-order valence-corrected chi connectivity index (χ2v) is 7.46. The molecule has 1 saturated heterocycles. The number of hydrogen-bond acceptors (Lipinski definition) is 3. The Morgan fingerprint density at radius 2 is 1.56 bits per heavy atom. The average molecular weight is 405 g/mol. The highest BCUT2D eigenvalue weighted by atomic mass is 79.9. The maximum absolute atomic E-state index is 13.0. The lowest BCUT2D eigenvalue weighted by Crippen LogP contribution is -2.54. The molecular weight excluding hydrogens is 384 g/mol. The van der Waals surface area contributed by atoms with Gasteiger partial charge in [0, 0.05) is 26.2 Å². The van der Waals surface area contributed by atoms with Gasteiger partial charge in [0.15, 0.2) is 10.4 Å². The van der Waals surface area contributed by atoms with Crippen molar-refractivity contribution in [3.8, 4) is 0 Å². The molecule has 2 heterocycles. The van der Waals surface area contributed by atoms with Crippen molar-refractivity contribution in [3.05, 3.63) is 58.5 Å². The number of carbonyl (C=O) groups is 2. The van der Waals surface area contributed by atoms with Crippen molar-refractivity contribution < 1.29 is 14.0 Å². The van der Waals surface area contributed by atoms with Crippen molar-refractivity contribution in [2.24, 2.45) is 0 Å². The van der Waals surface area contributed by atoms with E-state index in [0.29, 0.717) is 36.6 Å². The Labute approximate surface area is 155 Å². The summed E-state index contributed by atoms with van der Waals surface area (Å²) < 4.78 is 5.87. The molecule has 2 amide bonds. The van der Waals surface area contributed by atoms with Crippen molar-refractivity contribution in [1.29, 1.82) is 0 Å². The Kier molecular flexibility index (Phi) is 4.99. The van der Waals surface area contributed by atoms with E-state index in [2.05, 4.69) is 15.9 Å². The summed E-state index contributed by atoms with van der Waals surface area (Å²) in [5, 5.41) is 0. The Morgan fingerprint density at radius 1 is 0.960 bits per heavy atom. The van der Waals surface area contributed by atoms with E-state index in [1.807, 2.05) is 49.1 Å². The van der Waals surface area contributed by atoms with Gasteiger partial charge in [-0.15, -0.1) is 0 Å². The predicted octanol–water partition coefficient (Wildman–Crippen LogP) is 3.30. The molecular formula is C19H21BrN2O3. The van der Waals surface area contributed by atoms with Crippen molar-refractivity contribution in [1.82, 2.24) is 9.80 Å². The molecule has 132 valence electrons. The Balaban J connectivity index is 1.64. The van der Waals surface area contributed by atoms with Crippen LogP contribution in [0.15, 0.2) is 51.6 Å². The summed E-state index contributed by atoms with van der Waals surface area (Å²) in [5.41, 5.74) is 0.415. The summed E-state index contributed by atoms with van der Waals surface area (Å²) >= 11 is 3.21. The monoisotopic (exact) mass is 404 g/mol. The van der Waals surface area contributed by atoms with Gasteiger partial charge in [-0.05, 0) is 47.5 Å². The highest BCUT2D eigenvalue weighted by Crippen LogP contribution is 2.26. The molecule has 1 aliphatic rings. The Bertz CT molecular complexity index is 762. The quantitative estimate of drug-likeness (QED) is 0.788. The van der Waals surface area contributed by atoms with E-state index >= 15 is 0 Å². The number of halogens is 1. The third kappa shape index (κ3) is 3.63. The summed E-state index contributed by atoms with van der Waals surface area (Å²) in [7, 11) is 0. The zero-order valence-electron chi connectivity index (χ0n) is 14.4. The highest BCUT2D eigenvalue weighted by Gasteiger charge is 2.35. The molecule has 1 aromatic carbocycles. The number of nitrogens with zero attached hydrogens (tertiary/aromatic N) is 2. The molecule has 0 unspecified atom stereocenters. The van der Waals surface area contributed by atoms with Gasteiger partial charge in [0.1, 0.15) is 0 Å². The minimum Gasteiger partial charge on any atom is -0.444 e. The lowest BCUT2D eigenvalue weighted by molar-refractivity contribution is -0.137. The first-order valence-corrected chi connectivity index (χ1v) is 9.08. The second-order valence-electron chi connectivity index (χ2n) is 6.68. The van der Waals surface area contributed by atoms with Crippen LogP contribution in [0.25, 0.3) is 0 Å². The normalized spacial score (nSPS) is 15.3. The fourth-order valence-electron chi connectivity index (χ4n) is 3.07. The van der Waals surface area contributed by atoms with Gasteiger partial charge in [-0.1, -0.05) is 30.3 Å². The molecule has 25 heavy (non-hydrogen) atoms. The van der Waals surface area contributed by atoms with E-state index in [1.54, 1.807) is 17.0 Å². The van der Waals surface area contributed by atoms with Crippen molar-refractivity contribution in [3.63, 3.8) is 0 Å². The van der Waals surface area contributed by atoms with Crippen molar-refractivity contribution >= 4 is 27.7 Å². The second kappa shape index (κ2) is 7.04. The van der Waals surface area contributed by atoms with Crippen LogP contribution in [0.5, 0.6) is 0 Å². The van der Waals surface area contributed by atoms with Crippen molar-refractivity contribution in [2.45, 2.75) is 19.3 Å². The molecule has 5 nitrogen and oxygen atoms in total. The van der Waals surface area contributed by atoms with E-state index in [-0.39, 0.29) is 11.8 Å². The number of rotatable bonds is 3.